The van der Waals surface area contributed by atoms with Crippen molar-refractivity contribution >= 4 is 28.0 Å². The van der Waals surface area contributed by atoms with Crippen molar-refractivity contribution in [2.24, 2.45) is 0 Å². The lowest BCUT2D eigenvalue weighted by molar-refractivity contribution is -0.147. The Labute approximate surface area is 145 Å². The fourth-order valence-electron chi connectivity index (χ4n) is 1.81. The van der Waals surface area contributed by atoms with Gasteiger partial charge in [0.1, 0.15) is 18.2 Å². The average Bonchev–Trinajstić information content (AvgIpc) is 2.48. The molecule has 0 fully saturated rings. The summed E-state index contributed by atoms with van der Waals surface area (Å²) in [6.45, 7) is 5.50. The molecule has 1 amide bonds. The number of esters is 1. The largest absolute Gasteiger partial charge is 0.459 e. The molecule has 0 aliphatic rings. The molecule has 128 valence electrons. The minimum Gasteiger partial charge on any atom is -0.459 e. The van der Waals surface area contributed by atoms with Crippen LogP contribution in [0.15, 0.2) is 30.3 Å². The van der Waals surface area contributed by atoms with E-state index in [0.29, 0.717) is 6.42 Å². The Morgan fingerprint density at radius 3 is 2.43 bits per heavy atom. The maximum absolute atomic E-state index is 12.2. The van der Waals surface area contributed by atoms with E-state index in [-0.39, 0.29) is 6.61 Å². The number of ether oxygens (including phenoxy) is 2. The van der Waals surface area contributed by atoms with E-state index in [0.717, 1.165) is 17.3 Å². The number of halogens is 1. The highest BCUT2D eigenvalue weighted by Crippen LogP contribution is 2.10. The molecule has 0 radical (unpaired) electrons. The predicted molar refractivity (Wildman–Crippen MR) is 92.4 cm³/mol. The van der Waals surface area contributed by atoms with Crippen LogP contribution in [-0.2, 0) is 20.9 Å². The summed E-state index contributed by atoms with van der Waals surface area (Å²) >= 11 is 3.32. The molecular weight excluding hydrogens is 362 g/mol. The maximum Gasteiger partial charge on any atom is 0.408 e. The van der Waals surface area contributed by atoms with Crippen LogP contribution in [0.4, 0.5) is 4.79 Å². The minimum absolute atomic E-state index is 0.181. The Morgan fingerprint density at radius 2 is 1.87 bits per heavy atom. The molecule has 0 saturated heterocycles. The Bertz CT molecular complexity index is 499. The number of carbonyl (C=O) groups is 2. The van der Waals surface area contributed by atoms with Gasteiger partial charge in [0.15, 0.2) is 0 Å². The van der Waals surface area contributed by atoms with Crippen molar-refractivity contribution < 1.29 is 19.1 Å². The number of rotatable bonds is 7. The van der Waals surface area contributed by atoms with E-state index >= 15 is 0 Å². The van der Waals surface area contributed by atoms with Crippen molar-refractivity contribution in [3.8, 4) is 0 Å². The summed E-state index contributed by atoms with van der Waals surface area (Å²) < 4.78 is 10.5. The zero-order valence-electron chi connectivity index (χ0n) is 13.8. The van der Waals surface area contributed by atoms with E-state index in [1.54, 1.807) is 20.8 Å². The maximum atomic E-state index is 12.2. The summed E-state index contributed by atoms with van der Waals surface area (Å²) in [6, 6.07) is 8.69. The monoisotopic (exact) mass is 385 g/mol. The molecule has 5 nitrogen and oxygen atoms in total. The molecule has 23 heavy (non-hydrogen) atoms. The Balaban J connectivity index is 2.57. The summed E-state index contributed by atoms with van der Waals surface area (Å²) in [6.07, 6.45) is 0.604. The molecule has 0 saturated carbocycles. The summed E-state index contributed by atoms with van der Waals surface area (Å²) in [5, 5.41) is 3.33. The van der Waals surface area contributed by atoms with Crippen LogP contribution in [-0.4, -0.2) is 29.0 Å². The SMILES string of the molecule is CC(C)(C)OC(=O)N[C@@H](CCCBr)C(=O)OCc1ccccc1. The van der Waals surface area contributed by atoms with Crippen molar-refractivity contribution in [1.82, 2.24) is 5.32 Å². The zero-order chi connectivity index (χ0) is 17.3. The summed E-state index contributed by atoms with van der Waals surface area (Å²) in [5.41, 5.74) is 0.287. The van der Waals surface area contributed by atoms with E-state index in [1.165, 1.54) is 0 Å². The normalized spacial score (nSPS) is 12.3. The van der Waals surface area contributed by atoms with Crippen LogP contribution >= 0.6 is 15.9 Å². The minimum atomic E-state index is -0.717. The molecule has 1 N–H and O–H groups in total. The summed E-state index contributed by atoms with van der Waals surface area (Å²) in [7, 11) is 0. The van der Waals surface area contributed by atoms with Gasteiger partial charge in [0.2, 0.25) is 0 Å². The van der Waals surface area contributed by atoms with Gasteiger partial charge in [-0.15, -0.1) is 0 Å². The molecule has 1 aromatic rings. The Morgan fingerprint density at radius 1 is 1.22 bits per heavy atom. The Kier molecular flexibility index (Phi) is 8.09. The molecule has 6 heteroatoms. The molecule has 0 unspecified atom stereocenters. The number of alkyl carbamates (subject to hydrolysis) is 1. The summed E-state index contributed by atoms with van der Waals surface area (Å²) in [4.78, 5) is 24.1. The van der Waals surface area contributed by atoms with Gasteiger partial charge in [-0.05, 0) is 39.2 Å². The highest BCUT2D eigenvalue weighted by atomic mass is 79.9. The second-order valence-electron chi connectivity index (χ2n) is 6.12. The van der Waals surface area contributed by atoms with Crippen LogP contribution in [0.5, 0.6) is 0 Å². The van der Waals surface area contributed by atoms with Gasteiger partial charge in [0.05, 0.1) is 0 Å². The van der Waals surface area contributed by atoms with E-state index in [4.69, 9.17) is 9.47 Å². The fraction of sp³-hybridized carbons (Fsp3) is 0.529. The molecule has 0 bridgehead atoms. The first-order chi connectivity index (χ1) is 10.8. The van der Waals surface area contributed by atoms with E-state index < -0.39 is 23.7 Å². The first-order valence-corrected chi connectivity index (χ1v) is 8.70. The van der Waals surface area contributed by atoms with Gasteiger partial charge in [-0.1, -0.05) is 46.3 Å². The van der Waals surface area contributed by atoms with Gasteiger partial charge in [-0.25, -0.2) is 9.59 Å². The van der Waals surface area contributed by atoms with Gasteiger partial charge in [-0.2, -0.15) is 0 Å². The Hall–Kier alpha value is -1.56. The standard InChI is InChI=1S/C17H24BrNO4/c1-17(2,3)23-16(21)19-14(10-7-11-18)15(20)22-12-13-8-5-4-6-9-13/h4-6,8-9,14H,7,10-12H2,1-3H3,(H,19,21)/t14-/m0/s1. The average molecular weight is 386 g/mol. The van der Waals surface area contributed by atoms with Crippen molar-refractivity contribution in [3.05, 3.63) is 35.9 Å². The smallest absolute Gasteiger partial charge is 0.408 e. The van der Waals surface area contributed by atoms with Gasteiger partial charge in [0, 0.05) is 5.33 Å². The first-order valence-electron chi connectivity index (χ1n) is 7.58. The molecule has 0 aliphatic carbocycles. The topological polar surface area (TPSA) is 64.6 Å². The van der Waals surface area contributed by atoms with Crippen molar-refractivity contribution in [3.63, 3.8) is 0 Å². The van der Waals surface area contributed by atoms with Gasteiger partial charge in [-0.3, -0.25) is 0 Å². The number of alkyl halides is 1. The van der Waals surface area contributed by atoms with Crippen LogP contribution < -0.4 is 5.32 Å². The number of nitrogens with one attached hydrogen (secondary N) is 1. The lowest BCUT2D eigenvalue weighted by atomic mass is 10.1. The molecule has 0 heterocycles. The van der Waals surface area contributed by atoms with E-state index in [2.05, 4.69) is 21.2 Å². The number of hydrogen-bond acceptors (Lipinski definition) is 4. The second-order valence-corrected chi connectivity index (χ2v) is 6.92. The highest BCUT2D eigenvalue weighted by Gasteiger charge is 2.25. The zero-order valence-corrected chi connectivity index (χ0v) is 15.4. The fourth-order valence-corrected chi connectivity index (χ4v) is 2.13. The molecule has 1 aromatic carbocycles. The molecule has 0 aromatic heterocycles. The third kappa shape index (κ3) is 8.59. The quantitative estimate of drug-likeness (QED) is 0.572. The van der Waals surface area contributed by atoms with Crippen LogP contribution in [0.2, 0.25) is 0 Å². The first kappa shape index (κ1) is 19.5. The van der Waals surface area contributed by atoms with Crippen molar-refractivity contribution in [1.29, 1.82) is 0 Å². The molecule has 0 aliphatic heterocycles. The lowest BCUT2D eigenvalue weighted by Crippen LogP contribution is -2.44. The number of amides is 1. The molecular formula is C17H24BrNO4. The van der Waals surface area contributed by atoms with Crippen molar-refractivity contribution in [2.45, 2.75) is 51.9 Å². The van der Waals surface area contributed by atoms with E-state index in [1.807, 2.05) is 30.3 Å². The number of carbonyl (C=O) groups excluding carboxylic acids is 2. The third-order valence-corrected chi connectivity index (χ3v) is 3.39. The molecule has 0 spiro atoms. The second kappa shape index (κ2) is 9.55. The van der Waals surface area contributed by atoms with E-state index in [9.17, 15) is 9.59 Å². The van der Waals surface area contributed by atoms with Crippen LogP contribution in [0.3, 0.4) is 0 Å². The van der Waals surface area contributed by atoms with Crippen LogP contribution in [0.1, 0.15) is 39.2 Å². The molecule has 1 atom stereocenters. The van der Waals surface area contributed by atoms with Crippen LogP contribution in [0.25, 0.3) is 0 Å². The third-order valence-electron chi connectivity index (χ3n) is 2.83. The number of hydrogen-bond donors (Lipinski definition) is 1. The van der Waals surface area contributed by atoms with Gasteiger partial charge in [0.25, 0.3) is 0 Å². The predicted octanol–water partition coefficient (Wildman–Crippen LogP) is 3.80. The number of benzene rings is 1. The van der Waals surface area contributed by atoms with Gasteiger partial charge >= 0.3 is 12.1 Å². The summed E-state index contributed by atoms with van der Waals surface area (Å²) in [5.74, 6) is -0.458. The van der Waals surface area contributed by atoms with Crippen LogP contribution in [0, 0.1) is 0 Å². The molecule has 1 rings (SSSR count). The highest BCUT2D eigenvalue weighted by molar-refractivity contribution is 9.09. The van der Waals surface area contributed by atoms with Crippen molar-refractivity contribution in [2.75, 3.05) is 5.33 Å². The lowest BCUT2D eigenvalue weighted by Gasteiger charge is -2.22. The van der Waals surface area contributed by atoms with Gasteiger partial charge < -0.3 is 14.8 Å².